The van der Waals surface area contributed by atoms with Crippen LogP contribution in [0.2, 0.25) is 0 Å². The number of hydrogen-bond donors (Lipinski definition) is 2. The van der Waals surface area contributed by atoms with E-state index in [-0.39, 0.29) is 4.90 Å². The van der Waals surface area contributed by atoms with Crippen molar-refractivity contribution < 1.29 is 8.42 Å². The van der Waals surface area contributed by atoms with Gasteiger partial charge in [0, 0.05) is 26.0 Å². The Morgan fingerprint density at radius 3 is 2.76 bits per heavy atom. The Morgan fingerprint density at radius 1 is 1.38 bits per heavy atom. The molecule has 7 nitrogen and oxygen atoms in total. The van der Waals surface area contributed by atoms with E-state index in [1.54, 1.807) is 37.1 Å². The third kappa shape index (κ3) is 3.52. The van der Waals surface area contributed by atoms with Crippen LogP contribution in [0.15, 0.2) is 29.4 Å². The summed E-state index contributed by atoms with van der Waals surface area (Å²) in [6.07, 6.45) is 4.07. The number of nitrogens with one attached hydrogen (secondary N) is 2. The molecule has 2 heterocycles. The van der Waals surface area contributed by atoms with Crippen LogP contribution in [0, 0.1) is 6.92 Å². The molecular formula is C13H19N5O2S. The molecule has 8 heteroatoms. The summed E-state index contributed by atoms with van der Waals surface area (Å²) < 4.78 is 29.1. The highest BCUT2D eigenvalue weighted by Gasteiger charge is 2.21. The molecule has 0 atom stereocenters. The Labute approximate surface area is 124 Å². The van der Waals surface area contributed by atoms with Gasteiger partial charge in [-0.3, -0.25) is 9.40 Å². The molecule has 0 aliphatic heterocycles. The number of rotatable bonds is 6. The van der Waals surface area contributed by atoms with Crippen molar-refractivity contribution in [1.29, 1.82) is 0 Å². The highest BCUT2D eigenvalue weighted by atomic mass is 32.2. The number of anilines is 2. The van der Waals surface area contributed by atoms with Gasteiger partial charge < -0.3 is 5.32 Å². The highest BCUT2D eigenvalue weighted by Crippen LogP contribution is 2.22. The van der Waals surface area contributed by atoms with Gasteiger partial charge in [0.1, 0.15) is 10.7 Å². The Morgan fingerprint density at radius 2 is 2.14 bits per heavy atom. The maximum Gasteiger partial charge on any atom is 0.265 e. The minimum Gasteiger partial charge on any atom is -0.369 e. The van der Waals surface area contributed by atoms with Gasteiger partial charge in [0.15, 0.2) is 0 Å². The van der Waals surface area contributed by atoms with Gasteiger partial charge in [0.05, 0.1) is 11.4 Å². The standard InChI is InChI=1S/C13H19N5O2S/c1-4-7-14-13-12(6-5-8-15-13)21(19,20)17-11-9-18(3)16-10(11)2/h5-6,8-9,17H,4,7H2,1-3H3,(H,14,15). The van der Waals surface area contributed by atoms with E-state index in [9.17, 15) is 8.42 Å². The van der Waals surface area contributed by atoms with E-state index in [0.29, 0.717) is 23.7 Å². The number of pyridine rings is 1. The lowest BCUT2D eigenvalue weighted by atomic mass is 10.4. The van der Waals surface area contributed by atoms with Crippen molar-refractivity contribution in [2.75, 3.05) is 16.6 Å². The largest absolute Gasteiger partial charge is 0.369 e. The lowest BCUT2D eigenvalue weighted by molar-refractivity contribution is 0.601. The summed E-state index contributed by atoms with van der Waals surface area (Å²) in [6, 6.07) is 3.13. The van der Waals surface area contributed by atoms with Gasteiger partial charge in [-0.15, -0.1) is 0 Å². The smallest absolute Gasteiger partial charge is 0.265 e. The third-order valence-corrected chi connectivity index (χ3v) is 4.26. The Kier molecular flexibility index (Phi) is 4.46. The molecule has 0 amide bonds. The lowest BCUT2D eigenvalue weighted by Gasteiger charge is -2.11. The second kappa shape index (κ2) is 6.13. The van der Waals surface area contributed by atoms with Crippen LogP contribution in [-0.2, 0) is 17.1 Å². The van der Waals surface area contributed by atoms with Crippen LogP contribution in [0.5, 0.6) is 0 Å². The monoisotopic (exact) mass is 309 g/mol. The Balaban J connectivity index is 2.33. The van der Waals surface area contributed by atoms with E-state index in [2.05, 4.69) is 20.1 Å². The van der Waals surface area contributed by atoms with Crippen molar-refractivity contribution in [3.63, 3.8) is 0 Å². The summed E-state index contributed by atoms with van der Waals surface area (Å²) in [7, 11) is -1.97. The van der Waals surface area contributed by atoms with Gasteiger partial charge >= 0.3 is 0 Å². The van der Waals surface area contributed by atoms with Crippen LogP contribution in [0.3, 0.4) is 0 Å². The quantitative estimate of drug-likeness (QED) is 0.848. The number of nitrogens with zero attached hydrogens (tertiary/aromatic N) is 3. The summed E-state index contributed by atoms with van der Waals surface area (Å²) in [4.78, 5) is 4.23. The fourth-order valence-corrected chi connectivity index (χ4v) is 3.12. The van der Waals surface area contributed by atoms with Crippen molar-refractivity contribution in [1.82, 2.24) is 14.8 Å². The van der Waals surface area contributed by atoms with E-state index in [1.807, 2.05) is 6.92 Å². The molecular weight excluding hydrogens is 290 g/mol. The lowest BCUT2D eigenvalue weighted by Crippen LogP contribution is -2.16. The van der Waals surface area contributed by atoms with Crippen molar-refractivity contribution in [3.8, 4) is 0 Å². The minimum absolute atomic E-state index is 0.127. The highest BCUT2D eigenvalue weighted by molar-refractivity contribution is 7.92. The normalized spacial score (nSPS) is 11.4. The number of aryl methyl sites for hydroxylation is 2. The van der Waals surface area contributed by atoms with E-state index in [4.69, 9.17) is 0 Å². The fourth-order valence-electron chi connectivity index (χ4n) is 1.88. The molecule has 2 N–H and O–H groups in total. The number of hydrogen-bond acceptors (Lipinski definition) is 5. The zero-order valence-electron chi connectivity index (χ0n) is 12.3. The van der Waals surface area contributed by atoms with Gasteiger partial charge in [-0.1, -0.05) is 6.92 Å². The SMILES string of the molecule is CCCNc1ncccc1S(=O)(=O)Nc1cn(C)nc1C. The van der Waals surface area contributed by atoms with Gasteiger partial charge in [-0.2, -0.15) is 5.10 Å². The van der Waals surface area contributed by atoms with Crippen LogP contribution in [0.25, 0.3) is 0 Å². The molecule has 0 spiro atoms. The molecule has 2 aromatic heterocycles. The molecule has 0 saturated carbocycles. The zero-order chi connectivity index (χ0) is 15.5. The molecule has 0 radical (unpaired) electrons. The van der Waals surface area contributed by atoms with Crippen LogP contribution in [0.1, 0.15) is 19.0 Å². The van der Waals surface area contributed by atoms with E-state index < -0.39 is 10.0 Å². The molecule has 114 valence electrons. The summed E-state index contributed by atoms with van der Waals surface area (Å²) in [5.41, 5.74) is 1.08. The maximum atomic E-state index is 12.5. The maximum absolute atomic E-state index is 12.5. The molecule has 21 heavy (non-hydrogen) atoms. The molecule has 0 aliphatic carbocycles. The van der Waals surface area contributed by atoms with Crippen molar-refractivity contribution in [2.24, 2.45) is 7.05 Å². The molecule has 0 aliphatic rings. The average molecular weight is 309 g/mol. The van der Waals surface area contributed by atoms with E-state index in [0.717, 1.165) is 6.42 Å². The molecule has 0 saturated heterocycles. The second-order valence-corrected chi connectivity index (χ2v) is 6.34. The van der Waals surface area contributed by atoms with Gasteiger partial charge in [0.25, 0.3) is 10.0 Å². The van der Waals surface area contributed by atoms with Crippen LogP contribution in [0.4, 0.5) is 11.5 Å². The van der Waals surface area contributed by atoms with Crippen molar-refractivity contribution >= 4 is 21.5 Å². The van der Waals surface area contributed by atoms with Crippen LogP contribution >= 0.6 is 0 Å². The molecule has 0 fully saturated rings. The average Bonchev–Trinajstić information content (AvgIpc) is 2.74. The van der Waals surface area contributed by atoms with Gasteiger partial charge in [-0.25, -0.2) is 13.4 Å². The van der Waals surface area contributed by atoms with Crippen LogP contribution < -0.4 is 10.0 Å². The van der Waals surface area contributed by atoms with Crippen molar-refractivity contribution in [3.05, 3.63) is 30.2 Å². The molecule has 2 aromatic rings. The topological polar surface area (TPSA) is 88.9 Å². The molecule has 0 bridgehead atoms. The Bertz CT molecular complexity index is 724. The summed E-state index contributed by atoms with van der Waals surface area (Å²) in [6.45, 7) is 4.41. The first kappa shape index (κ1) is 15.3. The Hall–Kier alpha value is -2.09. The molecule has 0 unspecified atom stereocenters. The summed E-state index contributed by atoms with van der Waals surface area (Å²) >= 11 is 0. The van der Waals surface area contributed by atoms with Crippen molar-refractivity contribution in [2.45, 2.75) is 25.2 Å². The first-order valence-corrected chi connectivity index (χ1v) is 8.14. The predicted octanol–water partition coefficient (Wildman–Crippen LogP) is 1.75. The third-order valence-electron chi connectivity index (χ3n) is 2.86. The predicted molar refractivity (Wildman–Crippen MR) is 81.8 cm³/mol. The zero-order valence-corrected chi connectivity index (χ0v) is 13.1. The summed E-state index contributed by atoms with van der Waals surface area (Å²) in [5, 5.41) is 7.14. The van der Waals surface area contributed by atoms with Gasteiger partial charge in [0.2, 0.25) is 0 Å². The number of sulfonamides is 1. The first-order valence-electron chi connectivity index (χ1n) is 6.66. The molecule has 2 rings (SSSR count). The number of aromatic nitrogens is 3. The van der Waals surface area contributed by atoms with Gasteiger partial charge in [-0.05, 0) is 25.5 Å². The second-order valence-electron chi connectivity index (χ2n) is 4.68. The fraction of sp³-hybridized carbons (Fsp3) is 0.385. The van der Waals surface area contributed by atoms with E-state index in [1.165, 1.54) is 6.07 Å². The van der Waals surface area contributed by atoms with E-state index >= 15 is 0 Å². The first-order chi connectivity index (χ1) is 9.94. The minimum atomic E-state index is -3.71. The molecule has 0 aromatic carbocycles. The van der Waals surface area contributed by atoms with Crippen LogP contribution in [-0.4, -0.2) is 29.7 Å². The summed E-state index contributed by atoms with van der Waals surface area (Å²) in [5.74, 6) is 0.355.